The van der Waals surface area contributed by atoms with Gasteiger partial charge in [0, 0.05) is 26.1 Å². The number of nitrogens with one attached hydrogen (secondary N) is 1. The third-order valence-corrected chi connectivity index (χ3v) is 5.88. The van der Waals surface area contributed by atoms with Gasteiger partial charge < -0.3 is 5.32 Å². The molecule has 0 saturated carbocycles. The van der Waals surface area contributed by atoms with Crippen LogP contribution in [0.2, 0.25) is 0 Å². The maximum absolute atomic E-state index is 4.44. The first-order chi connectivity index (χ1) is 20.2. The molecule has 9 heteroatoms. The van der Waals surface area contributed by atoms with Gasteiger partial charge in [0.25, 0.3) is 0 Å². The summed E-state index contributed by atoms with van der Waals surface area (Å²) in [4.78, 5) is 11.9. The first kappa shape index (κ1) is 27.0. The molecular formula is C32H29N9. The number of rotatable bonds is 5. The molecule has 202 valence electrons. The Balaban J connectivity index is 0.000000165. The lowest BCUT2D eigenvalue weighted by atomic mass is 10.2. The van der Waals surface area contributed by atoms with E-state index in [-0.39, 0.29) is 0 Å². The second-order valence-corrected chi connectivity index (χ2v) is 9.05. The maximum atomic E-state index is 4.44. The molecule has 41 heavy (non-hydrogen) atoms. The lowest BCUT2D eigenvalue weighted by molar-refractivity contribution is 0.555. The number of pyridine rings is 2. The van der Waals surface area contributed by atoms with Gasteiger partial charge in [0.2, 0.25) is 0 Å². The van der Waals surface area contributed by atoms with Crippen LogP contribution in [0, 0.1) is 30.6 Å². The van der Waals surface area contributed by atoms with E-state index < -0.39 is 0 Å². The predicted octanol–water partition coefficient (Wildman–Crippen LogP) is 4.89. The molecule has 0 aliphatic carbocycles. The molecule has 0 spiro atoms. The zero-order chi connectivity index (χ0) is 28.3. The molecule has 4 aromatic heterocycles. The number of aryl methyl sites for hydroxylation is 3. The number of anilines is 1. The topological polar surface area (TPSA) is 99.2 Å². The van der Waals surface area contributed by atoms with Crippen LogP contribution >= 0.6 is 0 Å². The van der Waals surface area contributed by atoms with Gasteiger partial charge in [-0.2, -0.15) is 30.0 Å². The lowest BCUT2D eigenvalue weighted by Crippen LogP contribution is -2.01. The monoisotopic (exact) mass is 539 g/mol. The van der Waals surface area contributed by atoms with E-state index >= 15 is 0 Å². The van der Waals surface area contributed by atoms with Crippen molar-refractivity contribution in [2.45, 2.75) is 32.9 Å². The summed E-state index contributed by atoms with van der Waals surface area (Å²) in [6, 6.07) is 25.4. The Hall–Kier alpha value is -5.54. The van der Waals surface area contributed by atoms with Crippen LogP contribution in [0.5, 0.6) is 0 Å². The van der Waals surface area contributed by atoms with Crippen LogP contribution in [0.3, 0.4) is 0 Å². The minimum absolute atomic E-state index is 0.674. The van der Waals surface area contributed by atoms with Gasteiger partial charge in [-0.05, 0) is 72.9 Å². The highest BCUT2D eigenvalue weighted by atomic mass is 15.5. The Morgan fingerprint density at radius 3 is 1.93 bits per heavy atom. The Morgan fingerprint density at radius 2 is 1.27 bits per heavy atom. The van der Waals surface area contributed by atoms with Gasteiger partial charge in [-0.15, -0.1) is 0 Å². The summed E-state index contributed by atoms with van der Waals surface area (Å²) >= 11 is 0. The van der Waals surface area contributed by atoms with Crippen molar-refractivity contribution in [1.29, 1.82) is 0 Å². The SMILES string of the molecule is CNc1cccc(C#CCCn2nc3ccccc3n2)n1.Cc1ccc2nn(CCC#Cc3ccccn3)nc2c1. The van der Waals surface area contributed by atoms with Crippen LogP contribution < -0.4 is 5.32 Å². The molecule has 4 heterocycles. The van der Waals surface area contributed by atoms with Crippen molar-refractivity contribution in [2.24, 2.45) is 0 Å². The number of aromatic nitrogens is 8. The number of benzene rings is 2. The fraction of sp³-hybridized carbons (Fsp3) is 0.188. The molecule has 0 aliphatic rings. The van der Waals surface area contributed by atoms with Gasteiger partial charge >= 0.3 is 0 Å². The highest BCUT2D eigenvalue weighted by Gasteiger charge is 2.02. The fourth-order valence-electron chi connectivity index (χ4n) is 3.87. The van der Waals surface area contributed by atoms with Crippen molar-refractivity contribution < 1.29 is 0 Å². The fourth-order valence-corrected chi connectivity index (χ4v) is 3.87. The molecular weight excluding hydrogens is 510 g/mol. The van der Waals surface area contributed by atoms with Crippen LogP contribution in [0.1, 0.15) is 29.8 Å². The smallest absolute Gasteiger partial charge is 0.127 e. The highest BCUT2D eigenvalue weighted by molar-refractivity contribution is 5.74. The van der Waals surface area contributed by atoms with Crippen molar-refractivity contribution >= 4 is 27.9 Å². The molecule has 0 saturated heterocycles. The maximum Gasteiger partial charge on any atom is 0.127 e. The van der Waals surface area contributed by atoms with Crippen molar-refractivity contribution in [3.63, 3.8) is 0 Å². The summed E-state index contributed by atoms with van der Waals surface area (Å²) in [5, 5.41) is 20.6. The van der Waals surface area contributed by atoms with E-state index in [1.54, 1.807) is 15.8 Å². The molecule has 0 atom stereocenters. The number of hydrogen-bond acceptors (Lipinski definition) is 7. The van der Waals surface area contributed by atoms with Crippen LogP contribution in [0.4, 0.5) is 5.82 Å². The molecule has 0 amide bonds. The van der Waals surface area contributed by atoms with Crippen LogP contribution in [-0.4, -0.2) is 47.0 Å². The molecule has 6 aromatic rings. The molecule has 6 rings (SSSR count). The predicted molar refractivity (Wildman–Crippen MR) is 161 cm³/mol. The first-order valence-corrected chi connectivity index (χ1v) is 13.3. The van der Waals surface area contributed by atoms with Gasteiger partial charge in [0.1, 0.15) is 39.3 Å². The zero-order valence-corrected chi connectivity index (χ0v) is 23.0. The van der Waals surface area contributed by atoms with E-state index in [4.69, 9.17) is 0 Å². The van der Waals surface area contributed by atoms with E-state index in [1.807, 2.05) is 85.9 Å². The van der Waals surface area contributed by atoms with Crippen molar-refractivity contribution in [2.75, 3.05) is 12.4 Å². The van der Waals surface area contributed by atoms with Gasteiger partial charge in [0.15, 0.2) is 0 Å². The standard InChI is InChI=1S/C16H15N5.C16H14N4/c1-17-16-11-6-8-13(18-16)7-4-5-12-21-19-14-9-2-3-10-15(14)20-21;1-13-8-9-15-16(12-13)19-20(18-15)11-5-3-7-14-6-2-4-10-17-14/h2-3,6,8-11H,5,12H2,1H3,(H,17,18);2,4,6,8-10,12H,5,11H2,1H3. The highest BCUT2D eigenvalue weighted by Crippen LogP contribution is 2.11. The molecule has 9 nitrogen and oxygen atoms in total. The van der Waals surface area contributed by atoms with Gasteiger partial charge in [-0.1, -0.05) is 42.2 Å². The van der Waals surface area contributed by atoms with E-state index in [0.717, 1.165) is 39.3 Å². The van der Waals surface area contributed by atoms with Crippen LogP contribution in [-0.2, 0) is 13.1 Å². The van der Waals surface area contributed by atoms with Gasteiger partial charge in [-0.3, -0.25) is 0 Å². The zero-order valence-electron chi connectivity index (χ0n) is 23.0. The third kappa shape index (κ3) is 7.75. The largest absolute Gasteiger partial charge is 0.373 e. The number of hydrogen-bond donors (Lipinski definition) is 1. The molecule has 0 bridgehead atoms. The van der Waals surface area contributed by atoms with Crippen molar-refractivity contribution in [3.05, 3.63) is 102 Å². The van der Waals surface area contributed by atoms with Gasteiger partial charge in [0.05, 0.1) is 13.1 Å². The Labute approximate surface area is 238 Å². The van der Waals surface area contributed by atoms with Gasteiger partial charge in [-0.25, -0.2) is 9.97 Å². The third-order valence-electron chi connectivity index (χ3n) is 5.88. The molecule has 0 radical (unpaired) electrons. The van der Waals surface area contributed by atoms with Crippen LogP contribution in [0.15, 0.2) is 85.1 Å². The minimum Gasteiger partial charge on any atom is -0.373 e. The van der Waals surface area contributed by atoms with E-state index in [9.17, 15) is 0 Å². The summed E-state index contributed by atoms with van der Waals surface area (Å²) in [6.07, 6.45) is 3.14. The summed E-state index contributed by atoms with van der Waals surface area (Å²) in [5.41, 5.74) is 6.43. The quantitative estimate of drug-likeness (QED) is 0.312. The molecule has 0 fully saturated rings. The Kier molecular flexibility index (Phi) is 8.90. The lowest BCUT2D eigenvalue weighted by Gasteiger charge is -1.97. The van der Waals surface area contributed by atoms with Crippen molar-refractivity contribution in [1.82, 2.24) is 40.0 Å². The van der Waals surface area contributed by atoms with E-state index in [1.165, 1.54) is 5.56 Å². The average Bonchev–Trinajstić information content (AvgIpc) is 3.61. The first-order valence-electron chi connectivity index (χ1n) is 13.3. The number of fused-ring (bicyclic) bond motifs is 2. The average molecular weight is 540 g/mol. The summed E-state index contributed by atoms with van der Waals surface area (Å²) in [7, 11) is 1.84. The summed E-state index contributed by atoms with van der Waals surface area (Å²) in [5.74, 6) is 13.1. The molecule has 0 aliphatic heterocycles. The Bertz CT molecular complexity index is 1830. The van der Waals surface area contributed by atoms with E-state index in [0.29, 0.717) is 25.9 Å². The minimum atomic E-state index is 0.674. The second-order valence-electron chi connectivity index (χ2n) is 9.05. The Morgan fingerprint density at radius 1 is 0.659 bits per heavy atom. The number of nitrogens with zero attached hydrogens (tertiary/aromatic N) is 8. The molecule has 0 unspecified atom stereocenters. The normalized spacial score (nSPS) is 10.2. The second kappa shape index (κ2) is 13.5. The van der Waals surface area contributed by atoms with E-state index in [2.05, 4.69) is 66.3 Å². The molecule has 1 N–H and O–H groups in total. The molecule has 2 aromatic carbocycles. The summed E-state index contributed by atoms with van der Waals surface area (Å²) < 4.78 is 0. The van der Waals surface area contributed by atoms with Crippen LogP contribution in [0.25, 0.3) is 22.1 Å². The van der Waals surface area contributed by atoms with Crippen molar-refractivity contribution in [3.8, 4) is 23.7 Å². The summed E-state index contributed by atoms with van der Waals surface area (Å²) in [6.45, 7) is 3.41.